The number of carbonyl (C=O) groups excluding carboxylic acids is 2. The second kappa shape index (κ2) is 6.34. The number of ether oxygens (including phenoxy) is 2. The van der Waals surface area contributed by atoms with Crippen molar-refractivity contribution in [1.29, 1.82) is 0 Å². The molecule has 2 aliphatic heterocycles. The Bertz CT molecular complexity index is 871. The third kappa shape index (κ3) is 2.64. The fraction of sp³-hybridized carbons (Fsp3) is 0.455. The van der Waals surface area contributed by atoms with Crippen LogP contribution in [-0.2, 0) is 19.1 Å². The van der Waals surface area contributed by atoms with E-state index in [0.717, 1.165) is 22.3 Å². The van der Waals surface area contributed by atoms with Gasteiger partial charge in [0, 0.05) is 12.0 Å². The molecule has 4 rings (SSSR count). The van der Waals surface area contributed by atoms with Gasteiger partial charge in [0.25, 0.3) is 0 Å². The van der Waals surface area contributed by atoms with Gasteiger partial charge >= 0.3 is 5.97 Å². The quantitative estimate of drug-likeness (QED) is 0.655. The fourth-order valence-electron chi connectivity index (χ4n) is 5.18. The normalized spacial score (nSPS) is 31.9. The van der Waals surface area contributed by atoms with E-state index in [1.54, 1.807) is 6.08 Å². The summed E-state index contributed by atoms with van der Waals surface area (Å²) in [6, 6.07) is 4.08. The number of fused-ring (bicyclic) bond motifs is 5. The Balaban J connectivity index is 1.71. The van der Waals surface area contributed by atoms with E-state index in [-0.39, 0.29) is 41.5 Å². The number of allylic oxidation sites excluding steroid dienone is 1. The number of hydrogen-bond donors (Lipinski definition) is 1. The SMILES string of the molecule is COC(=O)C=C[C@@H]1C[C@@H]2O[C@H]1[C@H]1C(O)=C(c3c(C)cc(C)cc3C)C(=O)[C@H]12. The van der Waals surface area contributed by atoms with Crippen molar-refractivity contribution in [3.8, 4) is 0 Å². The van der Waals surface area contributed by atoms with Crippen molar-refractivity contribution in [2.75, 3.05) is 7.11 Å². The molecular formula is C22H24O5. The van der Waals surface area contributed by atoms with E-state index in [0.29, 0.717) is 12.0 Å². The minimum absolute atomic E-state index is 0.00939. The van der Waals surface area contributed by atoms with E-state index in [2.05, 4.69) is 4.74 Å². The Morgan fingerprint density at radius 3 is 2.52 bits per heavy atom. The smallest absolute Gasteiger partial charge is 0.330 e. The van der Waals surface area contributed by atoms with Gasteiger partial charge in [0.15, 0.2) is 5.78 Å². The van der Waals surface area contributed by atoms with Crippen LogP contribution in [0.3, 0.4) is 0 Å². The maximum atomic E-state index is 13.2. The number of carbonyl (C=O) groups is 2. The molecule has 0 aromatic heterocycles. The number of rotatable bonds is 3. The average molecular weight is 368 g/mol. The third-order valence-corrected chi connectivity index (χ3v) is 6.13. The second-order valence-corrected chi connectivity index (χ2v) is 7.87. The van der Waals surface area contributed by atoms with Crippen LogP contribution >= 0.6 is 0 Å². The number of aliphatic hydroxyl groups excluding tert-OH is 1. The molecule has 0 spiro atoms. The first-order valence-corrected chi connectivity index (χ1v) is 9.30. The maximum Gasteiger partial charge on any atom is 0.330 e. The molecule has 2 bridgehead atoms. The summed E-state index contributed by atoms with van der Waals surface area (Å²) in [5, 5.41) is 11.0. The van der Waals surface area contributed by atoms with Crippen LogP contribution < -0.4 is 0 Å². The highest BCUT2D eigenvalue weighted by molar-refractivity contribution is 6.26. The first kappa shape index (κ1) is 18.0. The van der Waals surface area contributed by atoms with Gasteiger partial charge < -0.3 is 14.6 Å². The van der Waals surface area contributed by atoms with Crippen molar-refractivity contribution < 1.29 is 24.2 Å². The van der Waals surface area contributed by atoms with Gasteiger partial charge in [-0.2, -0.15) is 0 Å². The summed E-state index contributed by atoms with van der Waals surface area (Å²) in [7, 11) is 1.34. The molecule has 27 heavy (non-hydrogen) atoms. The van der Waals surface area contributed by atoms with Gasteiger partial charge in [-0.15, -0.1) is 0 Å². The Morgan fingerprint density at radius 1 is 1.22 bits per heavy atom. The summed E-state index contributed by atoms with van der Waals surface area (Å²) >= 11 is 0. The van der Waals surface area contributed by atoms with Gasteiger partial charge in [-0.05, 0) is 43.9 Å². The minimum Gasteiger partial charge on any atom is -0.511 e. The average Bonchev–Trinajstić information content (AvgIpc) is 3.25. The summed E-state index contributed by atoms with van der Waals surface area (Å²) in [6.07, 6.45) is 3.36. The van der Waals surface area contributed by atoms with Crippen molar-refractivity contribution in [3.63, 3.8) is 0 Å². The summed E-state index contributed by atoms with van der Waals surface area (Å²) in [5.41, 5.74) is 4.43. The molecule has 5 heteroatoms. The molecule has 1 aromatic carbocycles. The van der Waals surface area contributed by atoms with Crippen LogP contribution in [0.2, 0.25) is 0 Å². The molecule has 5 atom stereocenters. The Morgan fingerprint density at radius 2 is 1.89 bits per heavy atom. The molecule has 0 saturated carbocycles. The van der Waals surface area contributed by atoms with Crippen LogP contribution in [0, 0.1) is 38.5 Å². The number of benzene rings is 1. The molecular weight excluding hydrogens is 344 g/mol. The van der Waals surface area contributed by atoms with Crippen LogP contribution in [-0.4, -0.2) is 36.2 Å². The number of Topliss-reactive ketones (excluding diaryl/α,β-unsaturated/α-hetero) is 1. The van der Waals surface area contributed by atoms with Crippen LogP contribution in [0.15, 0.2) is 30.0 Å². The summed E-state index contributed by atoms with van der Waals surface area (Å²) in [5.74, 6) is -0.959. The number of hydrogen-bond acceptors (Lipinski definition) is 5. The first-order valence-electron chi connectivity index (χ1n) is 9.30. The number of aliphatic hydroxyl groups is 1. The van der Waals surface area contributed by atoms with E-state index >= 15 is 0 Å². The zero-order valence-electron chi connectivity index (χ0n) is 16.0. The fourth-order valence-corrected chi connectivity index (χ4v) is 5.18. The van der Waals surface area contributed by atoms with Crippen LogP contribution in [0.4, 0.5) is 0 Å². The van der Waals surface area contributed by atoms with Gasteiger partial charge in [0.1, 0.15) is 5.76 Å². The first-order chi connectivity index (χ1) is 12.8. The summed E-state index contributed by atoms with van der Waals surface area (Å²) < 4.78 is 10.7. The Labute approximate surface area is 158 Å². The summed E-state index contributed by atoms with van der Waals surface area (Å²) in [6.45, 7) is 5.98. The molecule has 2 fully saturated rings. The predicted molar refractivity (Wildman–Crippen MR) is 100 cm³/mol. The van der Waals surface area contributed by atoms with Gasteiger partial charge in [-0.3, -0.25) is 4.79 Å². The standard InChI is InChI=1S/C22H24O5/c1-10-7-11(2)16(12(3)8-10)18-20(24)17-14-9-13(5-6-15(23)26-4)22(27-14)19(17)21(18)25/h5-8,13-14,17,19,22,25H,9H2,1-4H3/t13-,14+,17+,19-,22-/m1/s1. The van der Waals surface area contributed by atoms with E-state index in [1.165, 1.54) is 13.2 Å². The van der Waals surface area contributed by atoms with Crippen molar-refractivity contribution in [3.05, 3.63) is 52.3 Å². The van der Waals surface area contributed by atoms with E-state index in [4.69, 9.17) is 4.74 Å². The lowest BCUT2D eigenvalue weighted by atomic mass is 9.74. The van der Waals surface area contributed by atoms with Crippen molar-refractivity contribution in [1.82, 2.24) is 0 Å². The highest BCUT2D eigenvalue weighted by atomic mass is 16.5. The molecule has 3 aliphatic rings. The molecule has 1 aliphatic carbocycles. The highest BCUT2D eigenvalue weighted by Gasteiger charge is 2.62. The molecule has 1 aromatic rings. The van der Waals surface area contributed by atoms with Crippen LogP contribution in [0.5, 0.6) is 0 Å². The maximum absolute atomic E-state index is 13.2. The van der Waals surface area contributed by atoms with Crippen LogP contribution in [0.25, 0.3) is 5.57 Å². The largest absolute Gasteiger partial charge is 0.511 e. The summed E-state index contributed by atoms with van der Waals surface area (Å²) in [4.78, 5) is 24.6. The van der Waals surface area contributed by atoms with E-state index in [1.807, 2.05) is 32.9 Å². The van der Waals surface area contributed by atoms with E-state index < -0.39 is 5.97 Å². The van der Waals surface area contributed by atoms with Gasteiger partial charge in [0.05, 0.1) is 36.7 Å². The molecule has 0 unspecified atom stereocenters. The van der Waals surface area contributed by atoms with Gasteiger partial charge in [-0.25, -0.2) is 4.79 Å². The second-order valence-electron chi connectivity index (χ2n) is 7.87. The molecule has 0 amide bonds. The Hall–Kier alpha value is -2.40. The topological polar surface area (TPSA) is 72.8 Å². The molecule has 2 saturated heterocycles. The van der Waals surface area contributed by atoms with Gasteiger partial charge in [-0.1, -0.05) is 23.8 Å². The highest BCUT2D eigenvalue weighted by Crippen LogP contribution is 2.56. The van der Waals surface area contributed by atoms with Gasteiger partial charge in [0.2, 0.25) is 0 Å². The lowest BCUT2D eigenvalue weighted by Gasteiger charge is -2.25. The zero-order valence-corrected chi connectivity index (χ0v) is 16.0. The lowest BCUT2D eigenvalue weighted by Crippen LogP contribution is -2.33. The van der Waals surface area contributed by atoms with E-state index in [9.17, 15) is 14.7 Å². The van der Waals surface area contributed by atoms with Crippen LogP contribution in [0.1, 0.15) is 28.7 Å². The monoisotopic (exact) mass is 368 g/mol. The molecule has 1 N–H and O–H groups in total. The molecule has 142 valence electrons. The number of esters is 1. The Kier molecular flexibility index (Phi) is 4.22. The number of ketones is 1. The molecule has 2 heterocycles. The van der Waals surface area contributed by atoms with Crippen molar-refractivity contribution in [2.45, 2.75) is 39.4 Å². The molecule has 0 radical (unpaired) electrons. The van der Waals surface area contributed by atoms with Crippen molar-refractivity contribution in [2.24, 2.45) is 17.8 Å². The number of methoxy groups -OCH3 is 1. The van der Waals surface area contributed by atoms with Crippen molar-refractivity contribution >= 4 is 17.3 Å². The number of aryl methyl sites for hydroxylation is 3. The minimum atomic E-state index is -0.414. The predicted octanol–water partition coefficient (Wildman–Crippen LogP) is 3.21. The lowest BCUT2D eigenvalue weighted by molar-refractivity contribution is -0.134. The zero-order chi connectivity index (χ0) is 19.5. The molecule has 5 nitrogen and oxygen atoms in total. The third-order valence-electron chi connectivity index (χ3n) is 6.13.